The predicted octanol–water partition coefficient (Wildman–Crippen LogP) is 6.51. The molecule has 3 unspecified atom stereocenters. The average Bonchev–Trinajstić information content (AvgIpc) is 3.34. The third kappa shape index (κ3) is 3.84. The van der Waals surface area contributed by atoms with Crippen LogP contribution in [0.3, 0.4) is 0 Å². The summed E-state index contributed by atoms with van der Waals surface area (Å²) in [5.74, 6) is 0.855. The summed E-state index contributed by atoms with van der Waals surface area (Å²) in [6, 6.07) is 25.4. The fourth-order valence-corrected chi connectivity index (χ4v) is 5.48. The highest BCUT2D eigenvalue weighted by Gasteiger charge is 2.39. The summed E-state index contributed by atoms with van der Waals surface area (Å²) in [7, 11) is 1.88. The van der Waals surface area contributed by atoms with Crippen LogP contribution in [0.15, 0.2) is 89.8 Å². The molecule has 1 aliphatic heterocycles. The Bertz CT molecular complexity index is 1140. The van der Waals surface area contributed by atoms with Gasteiger partial charge in [-0.1, -0.05) is 66.7 Å². The van der Waals surface area contributed by atoms with E-state index in [4.69, 9.17) is 0 Å². The van der Waals surface area contributed by atoms with Crippen LogP contribution in [0.25, 0.3) is 0 Å². The lowest BCUT2D eigenvalue weighted by Gasteiger charge is -2.38. The van der Waals surface area contributed by atoms with Crippen LogP contribution in [0.5, 0.6) is 0 Å². The number of hydrogen-bond acceptors (Lipinski definition) is 3. The summed E-state index contributed by atoms with van der Waals surface area (Å²) in [4.78, 5) is 16.6. The van der Waals surface area contributed by atoms with Crippen LogP contribution in [-0.2, 0) is 6.54 Å². The highest BCUT2D eigenvalue weighted by Crippen LogP contribution is 2.50. The van der Waals surface area contributed by atoms with Gasteiger partial charge in [-0.15, -0.1) is 11.8 Å². The van der Waals surface area contributed by atoms with Gasteiger partial charge in [-0.3, -0.25) is 4.79 Å². The molecule has 0 aromatic heterocycles. The number of rotatable bonds is 5. The van der Waals surface area contributed by atoms with Gasteiger partial charge < -0.3 is 10.2 Å². The van der Waals surface area contributed by atoms with Gasteiger partial charge in [-0.05, 0) is 53.5 Å². The Hall–Kier alpha value is -2.98. The van der Waals surface area contributed by atoms with Crippen LogP contribution in [0.1, 0.15) is 45.4 Å². The van der Waals surface area contributed by atoms with Gasteiger partial charge >= 0.3 is 0 Å². The molecule has 3 atom stereocenters. The van der Waals surface area contributed by atoms with Gasteiger partial charge in [-0.2, -0.15) is 0 Å². The Morgan fingerprint density at radius 2 is 1.81 bits per heavy atom. The Morgan fingerprint density at radius 1 is 1.03 bits per heavy atom. The average molecular weight is 441 g/mol. The first-order chi connectivity index (χ1) is 15.7. The van der Waals surface area contributed by atoms with E-state index in [1.807, 2.05) is 42.3 Å². The smallest absolute Gasteiger partial charge is 0.256 e. The van der Waals surface area contributed by atoms with Crippen molar-refractivity contribution in [2.75, 3.05) is 18.6 Å². The minimum absolute atomic E-state index is 0.0510. The fourth-order valence-electron chi connectivity index (χ4n) is 5.08. The molecule has 0 saturated carbocycles. The lowest BCUT2D eigenvalue weighted by Crippen LogP contribution is -2.32. The number of nitrogens with zero attached hydrogens (tertiary/aromatic N) is 1. The minimum Gasteiger partial charge on any atom is -0.377 e. The molecular weight excluding hydrogens is 412 g/mol. The summed E-state index contributed by atoms with van der Waals surface area (Å²) in [6.07, 6.45) is 7.78. The zero-order valence-corrected chi connectivity index (χ0v) is 19.3. The van der Waals surface area contributed by atoms with Crippen molar-refractivity contribution in [1.82, 2.24) is 4.90 Å². The second-order valence-corrected chi connectivity index (χ2v) is 9.54. The van der Waals surface area contributed by atoms with E-state index >= 15 is 0 Å². The van der Waals surface area contributed by atoms with Crippen LogP contribution >= 0.6 is 11.8 Å². The van der Waals surface area contributed by atoms with E-state index in [2.05, 4.69) is 66.2 Å². The molecule has 3 nitrogen and oxygen atoms in total. The number of allylic oxidation sites excluding steroid dienone is 2. The molecule has 0 spiro atoms. The molecule has 4 heteroatoms. The SMILES string of the molecule is CSc1ccc(C2Nc3c(C(=O)N(C)Cc4ccccc4)cccc3C3C=CCC32)cc1. The molecule has 0 radical (unpaired) electrons. The number of amides is 1. The number of carbonyl (C=O) groups is 1. The van der Waals surface area contributed by atoms with Gasteiger partial charge in [0.05, 0.1) is 17.3 Å². The van der Waals surface area contributed by atoms with Crippen LogP contribution in [0.2, 0.25) is 0 Å². The van der Waals surface area contributed by atoms with Gasteiger partial charge in [0.2, 0.25) is 0 Å². The van der Waals surface area contributed by atoms with Crippen molar-refractivity contribution in [1.29, 1.82) is 0 Å². The molecule has 162 valence electrons. The molecule has 1 amide bonds. The van der Waals surface area contributed by atoms with Crippen LogP contribution in [-0.4, -0.2) is 24.1 Å². The molecule has 1 N–H and O–H groups in total. The van der Waals surface area contributed by atoms with Crippen LogP contribution in [0, 0.1) is 5.92 Å². The first kappa shape index (κ1) is 20.9. The number of fused-ring (bicyclic) bond motifs is 3. The molecule has 0 fully saturated rings. The molecule has 0 bridgehead atoms. The van der Waals surface area contributed by atoms with E-state index in [1.165, 1.54) is 16.0 Å². The number of nitrogens with one attached hydrogen (secondary N) is 1. The predicted molar refractivity (Wildman–Crippen MR) is 133 cm³/mol. The zero-order chi connectivity index (χ0) is 22.1. The molecule has 3 aromatic carbocycles. The van der Waals surface area contributed by atoms with Crippen molar-refractivity contribution < 1.29 is 4.79 Å². The van der Waals surface area contributed by atoms with Gasteiger partial charge in [0.25, 0.3) is 5.91 Å². The van der Waals surface area contributed by atoms with E-state index in [1.54, 1.807) is 11.8 Å². The fraction of sp³-hybridized carbons (Fsp3) is 0.250. The molecule has 5 rings (SSSR count). The number of carbonyl (C=O) groups excluding carboxylic acids is 1. The van der Waals surface area contributed by atoms with E-state index in [9.17, 15) is 4.79 Å². The lowest BCUT2D eigenvalue weighted by molar-refractivity contribution is 0.0785. The van der Waals surface area contributed by atoms with Crippen molar-refractivity contribution in [2.45, 2.75) is 29.8 Å². The topological polar surface area (TPSA) is 32.3 Å². The summed E-state index contributed by atoms with van der Waals surface area (Å²) in [5.41, 5.74) is 5.40. The van der Waals surface area contributed by atoms with Gasteiger partial charge in [0.1, 0.15) is 0 Å². The van der Waals surface area contributed by atoms with Crippen molar-refractivity contribution in [3.05, 3.63) is 107 Å². The molecule has 1 aliphatic carbocycles. The molecule has 2 aliphatic rings. The molecule has 0 saturated heterocycles. The Kier molecular flexibility index (Phi) is 5.79. The largest absolute Gasteiger partial charge is 0.377 e. The molecule has 1 heterocycles. The number of thioether (sulfide) groups is 1. The monoisotopic (exact) mass is 440 g/mol. The van der Waals surface area contributed by atoms with E-state index in [0.29, 0.717) is 18.4 Å². The number of anilines is 1. The summed E-state index contributed by atoms with van der Waals surface area (Å²) in [6.45, 7) is 0.592. The van der Waals surface area contributed by atoms with Gasteiger partial charge in [0.15, 0.2) is 0 Å². The van der Waals surface area contributed by atoms with Gasteiger partial charge in [-0.25, -0.2) is 0 Å². The Balaban J connectivity index is 1.48. The Labute approximate surface area is 194 Å². The first-order valence-corrected chi connectivity index (χ1v) is 12.4. The van der Waals surface area contributed by atoms with Crippen molar-refractivity contribution >= 4 is 23.4 Å². The highest BCUT2D eigenvalue weighted by atomic mass is 32.2. The molecular formula is C28H28N2OS. The zero-order valence-electron chi connectivity index (χ0n) is 18.5. The number of hydrogen-bond donors (Lipinski definition) is 1. The van der Waals surface area contributed by atoms with Crippen LogP contribution in [0.4, 0.5) is 5.69 Å². The summed E-state index contributed by atoms with van der Waals surface area (Å²) in [5, 5.41) is 3.80. The maximum atomic E-state index is 13.5. The first-order valence-electron chi connectivity index (χ1n) is 11.1. The van der Waals surface area contributed by atoms with E-state index in [0.717, 1.165) is 23.2 Å². The molecule has 3 aromatic rings. The summed E-state index contributed by atoms with van der Waals surface area (Å²) >= 11 is 1.76. The van der Waals surface area contributed by atoms with Crippen LogP contribution < -0.4 is 5.32 Å². The van der Waals surface area contributed by atoms with Crippen molar-refractivity contribution in [3.8, 4) is 0 Å². The second-order valence-electron chi connectivity index (χ2n) is 8.67. The standard InChI is InChI=1S/C28H28N2OS/c1-30(18-19-8-4-3-5-9-19)28(31)25-13-7-12-24-22-10-6-11-23(22)26(29-27(24)25)20-14-16-21(32-2)17-15-20/h3-10,12-17,22-23,26,29H,11,18H2,1-2H3. The highest BCUT2D eigenvalue weighted by molar-refractivity contribution is 7.98. The normalized spacial score (nSPS) is 20.9. The van der Waals surface area contributed by atoms with Gasteiger partial charge in [0, 0.05) is 24.4 Å². The lowest BCUT2D eigenvalue weighted by atomic mass is 9.76. The van der Waals surface area contributed by atoms with E-state index < -0.39 is 0 Å². The maximum absolute atomic E-state index is 13.5. The Morgan fingerprint density at radius 3 is 2.56 bits per heavy atom. The second kappa shape index (κ2) is 8.87. The van der Waals surface area contributed by atoms with Crippen molar-refractivity contribution in [2.24, 2.45) is 5.92 Å². The van der Waals surface area contributed by atoms with E-state index in [-0.39, 0.29) is 11.9 Å². The third-order valence-corrected chi connectivity index (χ3v) is 7.45. The summed E-state index contributed by atoms with van der Waals surface area (Å²) < 4.78 is 0. The van der Waals surface area contributed by atoms with Crippen molar-refractivity contribution in [3.63, 3.8) is 0 Å². The quantitative estimate of drug-likeness (QED) is 0.363. The minimum atomic E-state index is 0.0510. The molecule has 32 heavy (non-hydrogen) atoms. The third-order valence-electron chi connectivity index (χ3n) is 6.71. The number of para-hydroxylation sites is 1. The maximum Gasteiger partial charge on any atom is 0.256 e. The number of benzene rings is 3.